The summed E-state index contributed by atoms with van der Waals surface area (Å²) < 4.78 is 0. The highest BCUT2D eigenvalue weighted by Gasteiger charge is 2.07. The molecule has 0 aliphatic rings. The summed E-state index contributed by atoms with van der Waals surface area (Å²) in [7, 11) is 0. The summed E-state index contributed by atoms with van der Waals surface area (Å²) >= 11 is 0. The first-order chi connectivity index (χ1) is 17.6. The molecule has 180 valence electrons. The second-order valence-electron chi connectivity index (χ2n) is 7.79. The monoisotopic (exact) mass is 476 g/mol. The summed E-state index contributed by atoms with van der Waals surface area (Å²) in [4.78, 5) is 8.14. The highest BCUT2D eigenvalue weighted by molar-refractivity contribution is 6.27. The molecule has 6 heteroatoms. The molecule has 0 spiro atoms. The molecule has 0 amide bonds. The van der Waals surface area contributed by atoms with Crippen molar-refractivity contribution in [3.8, 4) is 0 Å². The van der Waals surface area contributed by atoms with Crippen LogP contribution in [-0.2, 0) is 0 Å². The topological polar surface area (TPSA) is 91.0 Å². The number of rotatable bonds is 6. The van der Waals surface area contributed by atoms with Crippen molar-refractivity contribution < 1.29 is 10.4 Å². The highest BCUT2D eigenvalue weighted by atomic mass is 16.4. The van der Waals surface area contributed by atoms with E-state index in [1.54, 1.807) is 38.6 Å². The van der Waals surface area contributed by atoms with Gasteiger partial charge in [-0.3, -0.25) is 9.97 Å². The smallest absolute Gasteiger partial charge is 0.0843 e. The van der Waals surface area contributed by atoms with Gasteiger partial charge in [-0.1, -0.05) is 83.1 Å². The molecule has 6 nitrogen and oxygen atoms in total. The Balaban J connectivity index is 0.000000201. The van der Waals surface area contributed by atoms with Crippen LogP contribution in [0.2, 0.25) is 0 Å². The van der Waals surface area contributed by atoms with Gasteiger partial charge in [0.05, 0.1) is 11.4 Å². The number of oxime groups is 2. The third kappa shape index (κ3) is 7.60. The van der Waals surface area contributed by atoms with E-state index < -0.39 is 0 Å². The molecule has 4 rings (SSSR count). The fourth-order valence-corrected chi connectivity index (χ4v) is 3.39. The van der Waals surface area contributed by atoms with Crippen LogP contribution in [0.1, 0.15) is 36.1 Å². The maximum absolute atomic E-state index is 8.98. The van der Waals surface area contributed by atoms with Crippen molar-refractivity contribution in [1.82, 2.24) is 9.97 Å². The third-order valence-electron chi connectivity index (χ3n) is 5.24. The largest absolute Gasteiger partial charge is 0.411 e. The van der Waals surface area contributed by atoms with Gasteiger partial charge in [0, 0.05) is 35.9 Å². The number of hydrogen-bond donors (Lipinski definition) is 2. The van der Waals surface area contributed by atoms with Crippen molar-refractivity contribution in [2.45, 2.75) is 13.8 Å². The van der Waals surface area contributed by atoms with Gasteiger partial charge >= 0.3 is 0 Å². The van der Waals surface area contributed by atoms with E-state index in [0.29, 0.717) is 11.4 Å². The van der Waals surface area contributed by atoms with Gasteiger partial charge in [0.15, 0.2) is 0 Å². The predicted molar refractivity (Wildman–Crippen MR) is 147 cm³/mol. The lowest BCUT2D eigenvalue weighted by atomic mass is 10.00. The van der Waals surface area contributed by atoms with Crippen LogP contribution < -0.4 is 0 Å². The van der Waals surface area contributed by atoms with E-state index in [9.17, 15) is 0 Å². The van der Waals surface area contributed by atoms with E-state index in [1.807, 2.05) is 97.1 Å². The molecule has 0 unspecified atom stereocenters. The van der Waals surface area contributed by atoms with Gasteiger partial charge < -0.3 is 10.4 Å². The van der Waals surface area contributed by atoms with Crippen LogP contribution in [0.15, 0.2) is 120 Å². The average molecular weight is 477 g/mol. The van der Waals surface area contributed by atoms with Gasteiger partial charge in [-0.2, -0.15) is 0 Å². The van der Waals surface area contributed by atoms with Gasteiger partial charge in [-0.25, -0.2) is 0 Å². The molecule has 0 saturated carbocycles. The Morgan fingerprint density at radius 2 is 0.972 bits per heavy atom. The predicted octanol–water partition coefficient (Wildman–Crippen LogP) is 6.94. The minimum absolute atomic E-state index is 0.574. The molecule has 0 aliphatic carbocycles. The first-order valence-corrected chi connectivity index (χ1v) is 11.3. The molecule has 0 bridgehead atoms. The fraction of sp³-hybridized carbons (Fsp3) is 0.0667. The van der Waals surface area contributed by atoms with Crippen LogP contribution in [0, 0.1) is 0 Å². The first-order valence-electron chi connectivity index (χ1n) is 11.3. The van der Waals surface area contributed by atoms with E-state index in [2.05, 4.69) is 20.3 Å². The van der Waals surface area contributed by atoms with E-state index in [-0.39, 0.29) is 0 Å². The minimum Gasteiger partial charge on any atom is -0.411 e. The van der Waals surface area contributed by atoms with Gasteiger partial charge in [0.1, 0.15) is 0 Å². The number of pyridine rings is 2. The van der Waals surface area contributed by atoms with Crippen molar-refractivity contribution in [2.75, 3.05) is 0 Å². The van der Waals surface area contributed by atoms with E-state index in [4.69, 9.17) is 10.4 Å². The molecule has 0 aliphatic heterocycles. The molecule has 0 atom stereocenters. The van der Waals surface area contributed by atoms with Gasteiger partial charge in [0.2, 0.25) is 0 Å². The number of hydrogen-bond acceptors (Lipinski definition) is 6. The summed E-state index contributed by atoms with van der Waals surface area (Å²) in [6.45, 7) is 3.55. The third-order valence-corrected chi connectivity index (χ3v) is 5.24. The zero-order chi connectivity index (χ0) is 25.6. The van der Waals surface area contributed by atoms with Gasteiger partial charge in [0.25, 0.3) is 0 Å². The molecular formula is C30H28N4O2. The molecule has 2 aromatic heterocycles. The van der Waals surface area contributed by atoms with Crippen LogP contribution in [-0.4, -0.2) is 31.8 Å². The molecule has 0 fully saturated rings. The standard InChI is InChI=1S/2C15H14N2O/c2*1-12(17-18)15(14-7-3-2-4-8-14)10-13-6-5-9-16-11-13/h2*2-11,18H,1H3/b2*15-10-,17-12+. The lowest BCUT2D eigenvalue weighted by molar-refractivity contribution is 0.319. The number of allylic oxidation sites excluding steroid dienone is 2. The van der Waals surface area contributed by atoms with Crippen molar-refractivity contribution in [3.05, 3.63) is 132 Å². The summed E-state index contributed by atoms with van der Waals surface area (Å²) in [5.41, 5.74) is 6.87. The molecule has 36 heavy (non-hydrogen) atoms. The normalized spacial score (nSPS) is 12.5. The van der Waals surface area contributed by atoms with Crippen molar-refractivity contribution in [2.24, 2.45) is 10.3 Å². The molecule has 4 aromatic rings. The number of aromatic nitrogens is 2. The molecular weight excluding hydrogens is 448 g/mol. The van der Waals surface area contributed by atoms with Crippen LogP contribution in [0.5, 0.6) is 0 Å². The average Bonchev–Trinajstić information content (AvgIpc) is 2.96. The zero-order valence-corrected chi connectivity index (χ0v) is 20.2. The van der Waals surface area contributed by atoms with E-state index >= 15 is 0 Å². The number of benzene rings is 2. The molecule has 2 N–H and O–H groups in total. The fourth-order valence-electron chi connectivity index (χ4n) is 3.39. The summed E-state index contributed by atoms with van der Waals surface area (Å²) in [6.07, 6.45) is 10.9. The maximum Gasteiger partial charge on any atom is 0.0843 e. The summed E-state index contributed by atoms with van der Waals surface area (Å²) in [5.74, 6) is 0. The second-order valence-corrected chi connectivity index (χ2v) is 7.79. The molecule has 2 aromatic carbocycles. The summed E-state index contributed by atoms with van der Waals surface area (Å²) in [6, 6.07) is 27.3. The minimum atomic E-state index is 0.574. The Hall–Kier alpha value is -4.84. The Labute approximate surface area is 211 Å². The maximum atomic E-state index is 8.98. The van der Waals surface area contributed by atoms with Crippen molar-refractivity contribution in [3.63, 3.8) is 0 Å². The Morgan fingerprint density at radius 3 is 1.28 bits per heavy atom. The lowest BCUT2D eigenvalue weighted by Gasteiger charge is -2.06. The second kappa shape index (κ2) is 13.8. The first kappa shape index (κ1) is 25.8. The SMILES string of the molecule is CC(=N\O)/C(=C/c1cccnc1)c1ccccc1.CC(=N\O)/C(=C/c1cccnc1)c1ccccc1. The van der Waals surface area contributed by atoms with E-state index in [1.165, 1.54) is 0 Å². The Morgan fingerprint density at radius 1 is 0.583 bits per heavy atom. The highest BCUT2D eigenvalue weighted by Crippen LogP contribution is 2.20. The van der Waals surface area contributed by atoms with E-state index in [0.717, 1.165) is 33.4 Å². The van der Waals surface area contributed by atoms with Gasteiger partial charge in [-0.15, -0.1) is 0 Å². The van der Waals surface area contributed by atoms with Crippen LogP contribution >= 0.6 is 0 Å². The summed E-state index contributed by atoms with van der Waals surface area (Å²) in [5, 5.41) is 24.5. The number of nitrogens with zero attached hydrogens (tertiary/aromatic N) is 4. The van der Waals surface area contributed by atoms with Crippen molar-refractivity contribution >= 4 is 34.7 Å². The molecule has 0 radical (unpaired) electrons. The quantitative estimate of drug-likeness (QED) is 0.179. The molecule has 2 heterocycles. The van der Waals surface area contributed by atoms with Crippen LogP contribution in [0.25, 0.3) is 23.3 Å². The van der Waals surface area contributed by atoms with Crippen molar-refractivity contribution in [1.29, 1.82) is 0 Å². The zero-order valence-electron chi connectivity index (χ0n) is 20.2. The Bertz CT molecular complexity index is 1230. The molecule has 0 saturated heterocycles. The lowest BCUT2D eigenvalue weighted by Crippen LogP contribution is -1.97. The van der Waals surface area contributed by atoms with Crippen LogP contribution in [0.4, 0.5) is 0 Å². The van der Waals surface area contributed by atoms with Gasteiger partial charge in [-0.05, 0) is 60.4 Å². The Kier molecular flexibility index (Phi) is 9.86. The van der Waals surface area contributed by atoms with Crippen LogP contribution in [0.3, 0.4) is 0 Å².